The van der Waals surface area contributed by atoms with Gasteiger partial charge < -0.3 is 55.6 Å². The number of H-pyrrole nitrogens is 5. The molecule has 638 valence electrons. The molecular weight excluding hydrogens is 1570 g/mol. The van der Waals surface area contributed by atoms with Gasteiger partial charge in [0.15, 0.2) is 45.0 Å². The lowest BCUT2D eigenvalue weighted by atomic mass is 10.1. The maximum Gasteiger partial charge on any atom is 0.349 e. The van der Waals surface area contributed by atoms with Crippen LogP contribution in [0.25, 0.3) is 42.3 Å². The van der Waals surface area contributed by atoms with Crippen LogP contribution in [-0.4, -0.2) is 130 Å². The molecule has 35 heteroatoms. The average Bonchev–Trinajstić information content (AvgIpc) is 1.03. The maximum absolute atomic E-state index is 12.5. The number of aromatic nitrogens is 15. The number of anilines is 8. The fourth-order valence-corrected chi connectivity index (χ4v) is 14.7. The standard InChI is InChI=1S/C23H26N6O2.C22H25N7O2.C21H24N6O3.C21H22N6O3.CH4/c1-14-12-18-19(13-15(14)2)29(21-20(28-18)23(31)27-16(3)26-21)11-6-4-5-9-24-17-8-7-10-25-22(17)30;1-13-11-16-17(12-14(13)2)29(20-19(26-16)21(30)25-15(3)24-20)9-6-4-5-8-28-10-7-18(23)27-22(28)31;1-12-9-15-16(10-13(12)2)26(19-18(25-15)20(29)24-14(3)23-19)7-5-4-6-8-27-17(28)11-22-21(27)30;1-13-11-15-16(12-14(13)2)27(18-17(23-15)19(28)25-20(29)24-18)10-5-3-4-8-26-9-6-7-22-21(26)30;/h7-8,10,12-13,24H,3-6,9,11H2,1-2H3,(H,25,30)(H,27,31);7,10-12H,3-6,8-9H2,1-2H3,(H,25,30)(H2,23,27,31);9-10H,3-8,11H2,1-2H3,(H,22,30)(H,24,29);6-7,9,11-12H,3-5,8,10H2,1-2H3,(H,25,28,29);1H4. The highest BCUT2D eigenvalue weighted by Gasteiger charge is 2.30. The molecule has 12 heterocycles. The SMILES string of the molecule is C.C=c1nc2c(c(=O)[nH]1)=Nc1cc(C)c(C)cc1N2CCCCCN1C(=O)CNC1=O.C=c1nc2c(c(=O)[nH]1)=Nc1cc(C)c(C)cc1N2CCCCCNc1ccc[nH]c1=O.C=c1nc2c(c(=O)[nH]1)=Nc1cc(C)c(C)cc1N2CCCCCn1ccc(N)nc1=O.Cc1cc2nc3c(=O)[nH]c(=O)nc-3n(CCCCCn3cccnc3=O)c2cc1C. The highest BCUT2D eigenvalue weighted by Crippen LogP contribution is 2.40. The fourth-order valence-electron chi connectivity index (χ4n) is 14.7. The first-order valence-corrected chi connectivity index (χ1v) is 40.5. The third-order valence-electron chi connectivity index (χ3n) is 21.7. The van der Waals surface area contributed by atoms with Gasteiger partial charge in [0.1, 0.15) is 27.9 Å². The summed E-state index contributed by atoms with van der Waals surface area (Å²) < 4.78 is 5.04. The summed E-state index contributed by atoms with van der Waals surface area (Å²) in [5, 5.41) is 6.62. The Bertz CT molecular complexity index is 6910. The number of hydrogen-bond acceptors (Lipinski definition) is 25. The summed E-state index contributed by atoms with van der Waals surface area (Å²) in [7, 11) is 0. The van der Waals surface area contributed by atoms with Crippen molar-refractivity contribution in [3.8, 4) is 11.5 Å². The Kier molecular flexibility index (Phi) is 27.6. The number of hydrogen-bond donors (Lipinski definition) is 8. The number of rotatable bonds is 25. The van der Waals surface area contributed by atoms with Crippen molar-refractivity contribution in [2.75, 3.05) is 65.0 Å². The van der Waals surface area contributed by atoms with Crippen molar-refractivity contribution in [1.82, 2.24) is 83.7 Å². The lowest BCUT2D eigenvalue weighted by Crippen LogP contribution is -2.42. The van der Waals surface area contributed by atoms with Crippen LogP contribution in [0.3, 0.4) is 0 Å². The molecule has 1 fully saturated rings. The van der Waals surface area contributed by atoms with Crippen LogP contribution in [-0.2, 0) is 24.4 Å². The first kappa shape index (κ1) is 87.8. The Hall–Kier alpha value is -14.5. The van der Waals surface area contributed by atoms with Crippen LogP contribution in [0.5, 0.6) is 0 Å². The molecular formula is C88H101N25O10. The van der Waals surface area contributed by atoms with Gasteiger partial charge in [-0.2, -0.15) is 9.97 Å². The maximum atomic E-state index is 12.5. The predicted octanol–water partition coefficient (Wildman–Crippen LogP) is 6.57. The minimum Gasteiger partial charge on any atom is -0.383 e. The summed E-state index contributed by atoms with van der Waals surface area (Å²) >= 11 is 0. The van der Waals surface area contributed by atoms with E-state index in [1.165, 1.54) is 16.7 Å². The molecule has 0 bridgehead atoms. The van der Waals surface area contributed by atoms with E-state index in [1.54, 1.807) is 52.0 Å². The van der Waals surface area contributed by atoms with Crippen LogP contribution in [0, 0.1) is 55.4 Å². The van der Waals surface area contributed by atoms with Crippen molar-refractivity contribution in [3.63, 3.8) is 0 Å². The lowest BCUT2D eigenvalue weighted by molar-refractivity contribution is -0.125. The number of nitrogen functional groups attached to an aromatic ring is 1. The third kappa shape index (κ3) is 20.3. The van der Waals surface area contributed by atoms with Gasteiger partial charge >= 0.3 is 23.1 Å². The Morgan fingerprint density at radius 1 is 0.439 bits per heavy atom. The number of fused-ring (bicyclic) bond motifs is 8. The van der Waals surface area contributed by atoms with Crippen molar-refractivity contribution in [2.24, 2.45) is 15.0 Å². The summed E-state index contributed by atoms with van der Waals surface area (Å²) in [5.41, 5.74) is 20.0. The molecule has 123 heavy (non-hydrogen) atoms. The minimum atomic E-state index is -0.679. The van der Waals surface area contributed by atoms with Crippen LogP contribution in [0.15, 0.2) is 151 Å². The molecule has 6 aliphatic heterocycles. The number of nitrogens with two attached hydrogens (primary N) is 1. The summed E-state index contributed by atoms with van der Waals surface area (Å²) in [5.74, 6) is 1.93. The zero-order valence-electron chi connectivity index (χ0n) is 69.5. The molecule has 0 saturated carbocycles. The van der Waals surface area contributed by atoms with Gasteiger partial charge in [-0.3, -0.25) is 47.8 Å². The Balaban J connectivity index is 0.000000149. The second kappa shape index (κ2) is 38.7. The van der Waals surface area contributed by atoms with E-state index in [-0.39, 0.29) is 76.4 Å². The van der Waals surface area contributed by atoms with Crippen LogP contribution in [0.2, 0.25) is 0 Å². The largest absolute Gasteiger partial charge is 0.383 e. The number of amides is 3. The van der Waals surface area contributed by atoms with Gasteiger partial charge in [-0.25, -0.2) is 59.1 Å². The van der Waals surface area contributed by atoms with Gasteiger partial charge in [-0.05, 0) is 250 Å². The van der Waals surface area contributed by atoms with Gasteiger partial charge in [0.25, 0.3) is 27.8 Å². The topological polar surface area (TPSA) is 455 Å². The second-order valence-corrected chi connectivity index (χ2v) is 30.6. The molecule has 35 nitrogen and oxygen atoms in total. The number of carbonyl (C=O) groups excluding carboxylic acids is 2. The zero-order chi connectivity index (χ0) is 86.7. The molecule has 1 saturated heterocycles. The quantitative estimate of drug-likeness (QED) is 0.0170. The van der Waals surface area contributed by atoms with E-state index in [1.807, 2.05) is 86.2 Å². The van der Waals surface area contributed by atoms with Gasteiger partial charge in [0.2, 0.25) is 5.91 Å². The van der Waals surface area contributed by atoms with E-state index in [4.69, 9.17) is 5.73 Å². The molecule has 0 spiro atoms. The number of benzene rings is 4. The van der Waals surface area contributed by atoms with E-state index < -0.39 is 11.2 Å². The second-order valence-electron chi connectivity index (χ2n) is 30.6. The van der Waals surface area contributed by atoms with Crippen molar-refractivity contribution in [2.45, 2.75) is 160 Å². The van der Waals surface area contributed by atoms with Crippen LogP contribution in [0.4, 0.5) is 67.9 Å². The summed E-state index contributed by atoms with van der Waals surface area (Å²) in [4.78, 5) is 183. The molecule has 10 aromatic rings. The molecule has 9 N–H and O–H groups in total. The number of unbranched alkanes of at least 4 members (excludes halogenated alkanes) is 8. The Labute approximate surface area is 704 Å². The van der Waals surface area contributed by atoms with Crippen LogP contribution in [0.1, 0.15) is 129 Å². The van der Waals surface area contributed by atoms with Gasteiger partial charge in [-0.15, -0.1) is 0 Å². The normalized spacial score (nSPS) is 12.6. The molecule has 0 radical (unpaired) electrons. The summed E-state index contributed by atoms with van der Waals surface area (Å²) in [6.07, 6.45) is 16.6. The Morgan fingerprint density at radius 2 is 0.886 bits per heavy atom. The number of pyridine rings is 1. The molecule has 0 aliphatic carbocycles. The number of urea groups is 1. The van der Waals surface area contributed by atoms with Crippen LogP contribution >= 0.6 is 0 Å². The number of nitrogens with zero attached hydrogens (tertiary/aromatic N) is 17. The van der Waals surface area contributed by atoms with Crippen molar-refractivity contribution in [3.05, 3.63) is 258 Å². The molecule has 0 atom stereocenters. The first-order valence-electron chi connectivity index (χ1n) is 40.5. The smallest absolute Gasteiger partial charge is 0.349 e. The molecule has 6 aromatic heterocycles. The first-order chi connectivity index (χ1) is 58.5. The van der Waals surface area contributed by atoms with Gasteiger partial charge in [0.05, 0.1) is 51.7 Å². The Morgan fingerprint density at radius 3 is 1.36 bits per heavy atom. The van der Waals surface area contributed by atoms with E-state index in [0.29, 0.717) is 114 Å². The van der Waals surface area contributed by atoms with Crippen molar-refractivity contribution >= 4 is 106 Å². The summed E-state index contributed by atoms with van der Waals surface area (Å²) in [6, 6.07) is 22.8. The van der Waals surface area contributed by atoms with E-state index in [0.717, 1.165) is 156 Å². The van der Waals surface area contributed by atoms with E-state index >= 15 is 0 Å². The highest BCUT2D eigenvalue weighted by molar-refractivity contribution is 6.02. The number of aromatic amines is 5. The summed E-state index contributed by atoms with van der Waals surface area (Å²) in [6.45, 7) is 32.6. The number of nitrogens with one attached hydrogen (secondary N) is 7. The van der Waals surface area contributed by atoms with Crippen molar-refractivity contribution < 1.29 is 9.59 Å². The van der Waals surface area contributed by atoms with Crippen LogP contribution < -0.4 is 108 Å². The molecule has 3 amide bonds. The fraction of sp³-hybridized carbons (Fsp3) is 0.341. The molecule has 16 rings (SSSR count). The number of aryl methyl sites for hydroxylation is 11. The third-order valence-corrected chi connectivity index (χ3v) is 21.7. The molecule has 4 aromatic carbocycles. The average molecular weight is 1670 g/mol. The molecule has 6 aliphatic rings. The van der Waals surface area contributed by atoms with E-state index in [2.05, 4.69) is 142 Å². The molecule has 0 unspecified atom stereocenters. The van der Waals surface area contributed by atoms with Crippen molar-refractivity contribution in [1.29, 1.82) is 0 Å². The van der Waals surface area contributed by atoms with E-state index in [9.17, 15) is 47.9 Å². The number of imide groups is 1. The predicted molar refractivity (Wildman–Crippen MR) is 476 cm³/mol. The zero-order valence-corrected chi connectivity index (χ0v) is 69.5. The minimum absolute atomic E-state index is 0. The monoisotopic (exact) mass is 1670 g/mol. The van der Waals surface area contributed by atoms with Gasteiger partial charge in [-0.1, -0.05) is 27.2 Å². The lowest BCUT2D eigenvalue weighted by Gasteiger charge is -2.28. The highest BCUT2D eigenvalue weighted by atomic mass is 16.2. The van der Waals surface area contributed by atoms with Gasteiger partial charge in [0, 0.05) is 77.1 Å². The number of carbonyl (C=O) groups is 2.